The van der Waals surface area contributed by atoms with Gasteiger partial charge >= 0.3 is 6.03 Å². The number of nitrogens with one attached hydrogen (secondary N) is 5. The molecule has 17 nitrogen and oxygen atoms in total. The number of aliphatic imine (C=N–C) groups is 2. The molecule has 5 aromatic heterocycles. The molecule has 2 amide bonds. The average molecular weight is 1280 g/mol. The molecule has 0 saturated carbocycles. The number of H-pyrrole nitrogens is 1. The third-order valence-corrected chi connectivity index (χ3v) is 11.2. The Morgan fingerprint density at radius 1 is 0.457 bits per heavy atom. The highest BCUT2D eigenvalue weighted by atomic mass is 16.2. The van der Waals surface area contributed by atoms with Crippen LogP contribution in [0.5, 0.6) is 0 Å². The number of aromatic amines is 1. The molecule has 0 aliphatic carbocycles. The van der Waals surface area contributed by atoms with Crippen LogP contribution in [0.1, 0.15) is 265 Å². The molecule has 3 aliphatic rings. The normalized spacial score (nSPS) is 12.7. The van der Waals surface area contributed by atoms with Gasteiger partial charge in [0.1, 0.15) is 12.1 Å². The summed E-state index contributed by atoms with van der Waals surface area (Å²) >= 11 is 0. The third-order valence-electron chi connectivity index (χ3n) is 11.2. The summed E-state index contributed by atoms with van der Waals surface area (Å²) < 4.78 is 2.08. The van der Waals surface area contributed by atoms with E-state index < -0.39 is 0 Å². The van der Waals surface area contributed by atoms with Gasteiger partial charge in [-0.1, -0.05) is 262 Å². The summed E-state index contributed by atoms with van der Waals surface area (Å²) in [5.74, 6) is 0.720. The van der Waals surface area contributed by atoms with Gasteiger partial charge in [0.2, 0.25) is 0 Å². The molecule has 8 heterocycles. The lowest BCUT2D eigenvalue weighted by molar-refractivity contribution is 0.242. The van der Waals surface area contributed by atoms with Crippen LogP contribution in [0.4, 0.5) is 4.79 Å². The van der Waals surface area contributed by atoms with E-state index in [0.29, 0.717) is 5.70 Å². The number of amides is 2. The molecule has 5 aromatic rings. The molecule has 0 radical (unpaired) electrons. The van der Waals surface area contributed by atoms with Gasteiger partial charge in [0, 0.05) is 118 Å². The first-order valence-electron chi connectivity index (χ1n) is 32.9. The summed E-state index contributed by atoms with van der Waals surface area (Å²) in [6, 6.07) is 3.37. The SMILES string of the molecule is C=C1C=C(C(C)(C)C)NC(=O)N1.C=C1C=NC=C(C(C)(C)C)N1.C=C1N=CC=C(C(C)(C)C)N1.CC.CC.CC.CC.CC.CC.CC.CC(C)(C)c1ccnnc1.CC(C)(C)c1cn[nH]c(=O)c1.CC(C)(C)c1cncc2nccn12.CC(C)(C)c1cncnc1. The third kappa shape index (κ3) is 43.1. The van der Waals surface area contributed by atoms with Gasteiger partial charge in [-0.15, -0.1) is 0 Å². The molecule has 0 bridgehead atoms. The summed E-state index contributed by atoms with van der Waals surface area (Å²) in [6.07, 6.45) is 27.1. The smallest absolute Gasteiger partial charge is 0.323 e. The second-order valence-electron chi connectivity index (χ2n) is 25.9. The molecule has 0 unspecified atom stereocenters. The van der Waals surface area contributed by atoms with Gasteiger partial charge < -0.3 is 25.7 Å². The van der Waals surface area contributed by atoms with E-state index in [1.807, 2.05) is 188 Å². The van der Waals surface area contributed by atoms with E-state index in [9.17, 15) is 9.59 Å². The molecule has 5 N–H and O–H groups in total. The van der Waals surface area contributed by atoms with Crippen LogP contribution in [0.25, 0.3) is 5.65 Å². The Kier molecular flexibility index (Phi) is 50.8. The van der Waals surface area contributed by atoms with Crippen molar-refractivity contribution in [2.45, 2.75) is 264 Å². The van der Waals surface area contributed by atoms with Crippen LogP contribution in [-0.2, 0) is 21.7 Å². The van der Waals surface area contributed by atoms with Crippen molar-refractivity contribution in [1.29, 1.82) is 0 Å². The Hall–Kier alpha value is -7.69. The van der Waals surface area contributed by atoms with E-state index in [-0.39, 0.29) is 49.5 Å². The van der Waals surface area contributed by atoms with Gasteiger partial charge in [0.05, 0.1) is 18.6 Å². The number of hydrogen-bond acceptors (Lipinski definition) is 13. The standard InChI is InChI=1S/C10H13N3.C9H14N2O.2C9H14N2.C8H12N2O.2C8H12N2.7C2H6/c1-10(2,3)8-6-11-7-9-12-4-5-13(8)9;1-6-5-7(9(2,3)4)11-8(12)10-6;1-7-5-10-6-8(11-7)9(2,3)4;1-7-10-6-5-8(11-7)9(2,3)4;1-8(2,3)6-4-7(11)10-9-5-6;1-8(2,3)7-4-9-6-10-5-7;1-8(2,3)7-4-5-9-10-6-7;7*1-2/h4-7H,1-3H3;5H,1H2,2-4H3,(H2,10,11,12);2*5-6,11H,1H2,2-4H3;4-5H,1-3H3,(H,10,11);2*4-6H,1-3H3;7*1-2H3. The first kappa shape index (κ1) is 95.4. The number of aromatic nitrogens is 9. The van der Waals surface area contributed by atoms with Crippen LogP contribution in [0, 0.1) is 16.2 Å². The predicted molar refractivity (Wildman–Crippen MR) is 401 cm³/mol. The zero-order valence-electron chi connectivity index (χ0n) is 64.7. The Morgan fingerprint density at radius 2 is 0.957 bits per heavy atom. The highest BCUT2D eigenvalue weighted by molar-refractivity contribution is 5.80. The molecule has 17 heteroatoms. The summed E-state index contributed by atoms with van der Waals surface area (Å²) in [7, 11) is 0. The van der Waals surface area contributed by atoms with Crippen LogP contribution >= 0.6 is 0 Å². The van der Waals surface area contributed by atoms with E-state index in [2.05, 4.69) is 200 Å². The van der Waals surface area contributed by atoms with Crippen LogP contribution in [0.2, 0.25) is 0 Å². The summed E-state index contributed by atoms with van der Waals surface area (Å²) in [4.78, 5) is 46.1. The van der Waals surface area contributed by atoms with Crippen molar-refractivity contribution >= 4 is 24.1 Å². The highest BCUT2D eigenvalue weighted by Gasteiger charge is 2.23. The maximum absolute atomic E-state index is 11.0. The van der Waals surface area contributed by atoms with Crippen LogP contribution in [-0.4, -0.2) is 63.2 Å². The molecule has 3 aliphatic heterocycles. The van der Waals surface area contributed by atoms with Gasteiger partial charge in [0.25, 0.3) is 5.56 Å². The molecule has 92 heavy (non-hydrogen) atoms. The zero-order valence-corrected chi connectivity index (χ0v) is 64.7. The molecule has 0 aromatic carbocycles. The van der Waals surface area contributed by atoms with Crippen molar-refractivity contribution in [3.05, 3.63) is 179 Å². The number of urea groups is 1. The van der Waals surface area contributed by atoms with Crippen molar-refractivity contribution < 1.29 is 4.79 Å². The van der Waals surface area contributed by atoms with Crippen molar-refractivity contribution in [2.24, 2.45) is 26.2 Å². The summed E-state index contributed by atoms with van der Waals surface area (Å²) in [5.41, 5.74) is 10.7. The van der Waals surface area contributed by atoms with Gasteiger partial charge in [-0.2, -0.15) is 15.3 Å². The lowest BCUT2D eigenvalue weighted by Gasteiger charge is -2.27. The molecule has 8 rings (SSSR count). The van der Waals surface area contributed by atoms with Crippen LogP contribution < -0.4 is 26.8 Å². The molecule has 0 atom stereocenters. The molecular formula is C75H133N15O2. The number of carbonyl (C=O) groups excluding carboxylic acids is 1. The Morgan fingerprint density at radius 3 is 1.30 bits per heavy atom. The number of imidazole rings is 1. The first-order chi connectivity index (χ1) is 42.7. The molecular weight excluding hydrogens is 1140 g/mol. The summed E-state index contributed by atoms with van der Waals surface area (Å²) in [5, 5.41) is 25.2. The average Bonchev–Trinajstić information content (AvgIpc) is 1.62. The maximum atomic E-state index is 11.0. The van der Waals surface area contributed by atoms with E-state index >= 15 is 0 Å². The number of nitrogens with zero attached hydrogens (tertiary/aromatic N) is 10. The van der Waals surface area contributed by atoms with E-state index in [4.69, 9.17) is 0 Å². The van der Waals surface area contributed by atoms with Gasteiger partial charge in [-0.3, -0.25) is 14.8 Å². The second kappa shape index (κ2) is 49.0. The summed E-state index contributed by atoms with van der Waals surface area (Å²) in [6.45, 7) is 83.7. The fraction of sp³-hybridized carbons (Fsp3) is 0.560. The number of allylic oxidation sites excluding steroid dienone is 6. The lowest BCUT2D eigenvalue weighted by Crippen LogP contribution is -2.41. The predicted octanol–water partition coefficient (Wildman–Crippen LogP) is 19.7. The number of carbonyl (C=O) groups is 1. The topological polar surface area (TPSA) is 217 Å². The number of fused-ring (bicyclic) bond motifs is 1. The van der Waals surface area contributed by atoms with E-state index in [1.54, 1.807) is 55.8 Å². The minimum atomic E-state index is -0.201. The minimum Gasteiger partial charge on any atom is -0.356 e. The fourth-order valence-electron chi connectivity index (χ4n) is 6.25. The quantitative estimate of drug-likeness (QED) is 0.0982. The van der Waals surface area contributed by atoms with E-state index in [0.717, 1.165) is 39.8 Å². The number of rotatable bonds is 0. The van der Waals surface area contributed by atoms with E-state index in [1.165, 1.54) is 16.8 Å². The molecule has 0 fully saturated rings. The van der Waals surface area contributed by atoms with Gasteiger partial charge in [0.15, 0.2) is 5.65 Å². The van der Waals surface area contributed by atoms with Crippen molar-refractivity contribution in [1.82, 2.24) is 66.0 Å². The largest absolute Gasteiger partial charge is 0.356 e. The molecule has 520 valence electrons. The van der Waals surface area contributed by atoms with Gasteiger partial charge in [-0.25, -0.2) is 29.8 Å². The molecule has 0 saturated heterocycles. The van der Waals surface area contributed by atoms with Crippen molar-refractivity contribution in [3.63, 3.8) is 0 Å². The minimum absolute atomic E-state index is 0.00125. The van der Waals surface area contributed by atoms with Crippen molar-refractivity contribution in [3.8, 4) is 0 Å². The monoisotopic (exact) mass is 1280 g/mol. The maximum Gasteiger partial charge on any atom is 0.323 e. The Labute approximate surface area is 561 Å². The Balaban J connectivity index is -0.000000227. The Bertz CT molecular complexity index is 2870. The van der Waals surface area contributed by atoms with Crippen LogP contribution in [0.15, 0.2) is 161 Å². The fourth-order valence-corrected chi connectivity index (χ4v) is 6.25. The first-order valence-corrected chi connectivity index (χ1v) is 32.9. The van der Waals surface area contributed by atoms with Crippen molar-refractivity contribution in [2.75, 3.05) is 0 Å². The highest BCUT2D eigenvalue weighted by Crippen LogP contribution is 2.27. The van der Waals surface area contributed by atoms with Crippen LogP contribution in [0.3, 0.4) is 0 Å². The molecule has 0 spiro atoms. The lowest BCUT2D eigenvalue weighted by atomic mass is 9.89. The van der Waals surface area contributed by atoms with Gasteiger partial charge in [-0.05, 0) is 51.2 Å². The number of hydrogen-bond donors (Lipinski definition) is 5. The second-order valence-corrected chi connectivity index (χ2v) is 25.9. The zero-order chi connectivity index (χ0) is 73.5.